The Morgan fingerprint density at radius 2 is 1.88 bits per heavy atom. The van der Waals surface area contributed by atoms with E-state index in [0.717, 1.165) is 25.7 Å². The molecule has 1 spiro atoms. The van der Waals surface area contributed by atoms with Gasteiger partial charge in [-0.2, -0.15) is 0 Å². The second kappa shape index (κ2) is 5.91. The topological polar surface area (TPSA) is 63.2 Å². The van der Waals surface area contributed by atoms with Crippen molar-refractivity contribution < 1.29 is 28.8 Å². The zero-order valence-electron chi connectivity index (χ0n) is 15.8. The SMILES string of the molecule is CC(C)C(=O)OC1O[C@@H]2OC3(C)CC[C@H]4[C@H](C)CCC([C@H]1C)[C@@]24OO3. The Hall–Kier alpha value is -0.690. The summed E-state index contributed by atoms with van der Waals surface area (Å²) in [5.74, 6) is -0.166. The molecule has 5 aliphatic rings. The Morgan fingerprint density at radius 1 is 1.12 bits per heavy atom. The van der Waals surface area contributed by atoms with E-state index in [-0.39, 0.29) is 23.7 Å². The van der Waals surface area contributed by atoms with Gasteiger partial charge in [-0.25, -0.2) is 9.78 Å². The van der Waals surface area contributed by atoms with Crippen molar-refractivity contribution in [2.24, 2.45) is 29.6 Å². The van der Waals surface area contributed by atoms with Gasteiger partial charge >= 0.3 is 5.97 Å². The molecule has 1 aliphatic carbocycles. The predicted octanol–water partition coefficient (Wildman–Crippen LogP) is 3.39. The number of hydrogen-bond acceptors (Lipinski definition) is 6. The van der Waals surface area contributed by atoms with Crippen LogP contribution in [0.3, 0.4) is 0 Å². The van der Waals surface area contributed by atoms with Crippen LogP contribution in [-0.2, 0) is 28.8 Å². The lowest BCUT2D eigenvalue weighted by atomic mass is 9.58. The minimum absolute atomic E-state index is 0.0311. The first-order chi connectivity index (χ1) is 11.8. The monoisotopic (exact) mass is 354 g/mol. The average molecular weight is 354 g/mol. The van der Waals surface area contributed by atoms with Crippen LogP contribution in [0.4, 0.5) is 0 Å². The van der Waals surface area contributed by atoms with E-state index in [4.69, 9.17) is 24.0 Å². The fourth-order valence-electron chi connectivity index (χ4n) is 5.26. The lowest BCUT2D eigenvalue weighted by Gasteiger charge is -2.59. The number of hydrogen-bond donors (Lipinski definition) is 0. The number of esters is 1. The van der Waals surface area contributed by atoms with Gasteiger partial charge in [0.25, 0.3) is 0 Å². The standard InChI is InChI=1S/C19H30O6/c1-10(2)15(20)21-16-12(4)14-7-6-11(3)13-8-9-18(5)23-17(22-16)19(13,14)25-24-18/h10-14,16-17H,6-9H2,1-5H3/t11-,12-,13+,14?,16?,17-,18?,19-/m1/s1. The van der Waals surface area contributed by atoms with Gasteiger partial charge in [0.15, 0.2) is 11.9 Å². The van der Waals surface area contributed by atoms with E-state index in [9.17, 15) is 4.79 Å². The highest BCUT2D eigenvalue weighted by atomic mass is 17.3. The Balaban J connectivity index is 1.68. The summed E-state index contributed by atoms with van der Waals surface area (Å²) in [6, 6.07) is 0. The molecule has 4 heterocycles. The molecule has 0 aromatic heterocycles. The van der Waals surface area contributed by atoms with Crippen LogP contribution in [0.2, 0.25) is 0 Å². The summed E-state index contributed by atoms with van der Waals surface area (Å²) < 4.78 is 18.1. The summed E-state index contributed by atoms with van der Waals surface area (Å²) in [7, 11) is 0. The minimum Gasteiger partial charge on any atom is -0.435 e. The normalized spacial score (nSPS) is 51.8. The Labute approximate surface area is 149 Å². The molecule has 0 N–H and O–H groups in total. The number of carbonyl (C=O) groups excluding carboxylic acids is 1. The van der Waals surface area contributed by atoms with Crippen LogP contribution in [0.15, 0.2) is 0 Å². The van der Waals surface area contributed by atoms with Gasteiger partial charge in [-0.3, -0.25) is 4.79 Å². The van der Waals surface area contributed by atoms with Crippen molar-refractivity contribution >= 4 is 5.97 Å². The van der Waals surface area contributed by atoms with Crippen molar-refractivity contribution in [1.29, 1.82) is 0 Å². The Kier molecular flexibility index (Phi) is 4.19. The summed E-state index contributed by atoms with van der Waals surface area (Å²) in [5, 5.41) is 0. The van der Waals surface area contributed by atoms with Gasteiger partial charge in [-0.1, -0.05) is 27.7 Å². The number of fused-ring (bicyclic) bond motifs is 2. The van der Waals surface area contributed by atoms with Crippen molar-refractivity contribution in [2.45, 2.75) is 84.3 Å². The zero-order chi connectivity index (χ0) is 18.0. The van der Waals surface area contributed by atoms with Gasteiger partial charge in [0.1, 0.15) is 0 Å². The number of carbonyl (C=O) groups is 1. The van der Waals surface area contributed by atoms with E-state index in [2.05, 4.69) is 13.8 Å². The van der Waals surface area contributed by atoms with Crippen LogP contribution in [0.25, 0.3) is 0 Å². The lowest BCUT2D eigenvalue weighted by Crippen LogP contribution is -2.70. The zero-order valence-corrected chi connectivity index (χ0v) is 15.8. The highest BCUT2D eigenvalue weighted by molar-refractivity contribution is 5.71. The van der Waals surface area contributed by atoms with E-state index < -0.39 is 24.0 Å². The van der Waals surface area contributed by atoms with Gasteiger partial charge in [-0.05, 0) is 38.0 Å². The third-order valence-corrected chi connectivity index (χ3v) is 6.80. The Bertz CT molecular complexity index is 550. The number of rotatable bonds is 2. The third-order valence-electron chi connectivity index (χ3n) is 6.80. The van der Waals surface area contributed by atoms with Crippen LogP contribution in [0, 0.1) is 29.6 Å². The first kappa shape index (κ1) is 17.7. The molecular formula is C19H30O6. The minimum atomic E-state index is -0.801. The molecular weight excluding hydrogens is 324 g/mol. The van der Waals surface area contributed by atoms with E-state index in [1.807, 2.05) is 20.8 Å². The molecule has 142 valence electrons. The fraction of sp³-hybridized carbons (Fsp3) is 0.947. The maximum atomic E-state index is 12.1. The molecule has 4 aliphatic heterocycles. The second-order valence-electron chi connectivity index (χ2n) is 8.87. The van der Waals surface area contributed by atoms with Crippen LogP contribution < -0.4 is 0 Å². The molecule has 5 rings (SSSR count). The molecule has 0 amide bonds. The van der Waals surface area contributed by atoms with Crippen LogP contribution in [0.5, 0.6) is 0 Å². The van der Waals surface area contributed by atoms with Crippen LogP contribution in [-0.4, -0.2) is 29.9 Å². The summed E-state index contributed by atoms with van der Waals surface area (Å²) in [6.45, 7) is 9.93. The molecule has 5 fully saturated rings. The molecule has 6 nitrogen and oxygen atoms in total. The van der Waals surface area contributed by atoms with Gasteiger partial charge in [0, 0.05) is 18.3 Å². The fourth-order valence-corrected chi connectivity index (χ4v) is 5.26. The van der Waals surface area contributed by atoms with Crippen LogP contribution in [0.1, 0.15) is 60.3 Å². The molecule has 4 saturated heterocycles. The van der Waals surface area contributed by atoms with Crippen molar-refractivity contribution in [2.75, 3.05) is 0 Å². The highest BCUT2D eigenvalue weighted by Crippen LogP contribution is 2.60. The molecule has 25 heavy (non-hydrogen) atoms. The second-order valence-corrected chi connectivity index (χ2v) is 8.87. The van der Waals surface area contributed by atoms with E-state index in [1.165, 1.54) is 0 Å². The summed E-state index contributed by atoms with van der Waals surface area (Å²) in [6.07, 6.45) is 2.75. The predicted molar refractivity (Wildman–Crippen MR) is 87.8 cm³/mol. The Morgan fingerprint density at radius 3 is 2.60 bits per heavy atom. The van der Waals surface area contributed by atoms with Gasteiger partial charge in [-0.15, -0.1) is 0 Å². The maximum Gasteiger partial charge on any atom is 0.310 e. The smallest absolute Gasteiger partial charge is 0.310 e. The lowest BCUT2D eigenvalue weighted by molar-refractivity contribution is -0.576. The number of ether oxygens (including phenoxy) is 3. The van der Waals surface area contributed by atoms with E-state index >= 15 is 0 Å². The van der Waals surface area contributed by atoms with Gasteiger partial charge in [0.2, 0.25) is 12.1 Å². The van der Waals surface area contributed by atoms with Crippen molar-refractivity contribution in [3.8, 4) is 0 Å². The molecule has 6 heteroatoms. The quantitative estimate of drug-likeness (QED) is 0.559. The maximum absolute atomic E-state index is 12.1. The third kappa shape index (κ3) is 2.56. The largest absolute Gasteiger partial charge is 0.435 e. The molecule has 0 radical (unpaired) electrons. The van der Waals surface area contributed by atoms with E-state index in [0.29, 0.717) is 11.8 Å². The average Bonchev–Trinajstić information content (AvgIpc) is 2.78. The first-order valence-corrected chi connectivity index (χ1v) is 9.67. The van der Waals surface area contributed by atoms with Crippen molar-refractivity contribution in [1.82, 2.24) is 0 Å². The highest BCUT2D eigenvalue weighted by Gasteiger charge is 2.69. The molecule has 0 aromatic carbocycles. The molecule has 1 saturated carbocycles. The molecule has 3 unspecified atom stereocenters. The summed E-state index contributed by atoms with van der Waals surface area (Å²) in [4.78, 5) is 24.0. The van der Waals surface area contributed by atoms with Crippen molar-refractivity contribution in [3.63, 3.8) is 0 Å². The summed E-state index contributed by atoms with van der Waals surface area (Å²) in [5.41, 5.74) is -0.603. The van der Waals surface area contributed by atoms with Gasteiger partial charge in [0.05, 0.1) is 5.92 Å². The van der Waals surface area contributed by atoms with Crippen LogP contribution >= 0.6 is 0 Å². The van der Waals surface area contributed by atoms with Crippen molar-refractivity contribution in [3.05, 3.63) is 0 Å². The van der Waals surface area contributed by atoms with E-state index in [1.54, 1.807) is 0 Å². The molecule has 8 atom stereocenters. The molecule has 0 aromatic rings. The molecule has 2 bridgehead atoms. The first-order valence-electron chi connectivity index (χ1n) is 9.67. The summed E-state index contributed by atoms with van der Waals surface area (Å²) >= 11 is 0. The van der Waals surface area contributed by atoms with Gasteiger partial charge < -0.3 is 14.2 Å².